The van der Waals surface area contributed by atoms with Crippen molar-refractivity contribution in [2.45, 2.75) is 25.7 Å². The summed E-state index contributed by atoms with van der Waals surface area (Å²) in [6.07, 6.45) is 6.50. The number of carbonyl (C=O) groups is 1. The summed E-state index contributed by atoms with van der Waals surface area (Å²) in [7, 11) is 3.58. The molecule has 4 heteroatoms. The molecule has 1 aliphatic heterocycles. The maximum atomic E-state index is 12.5. The summed E-state index contributed by atoms with van der Waals surface area (Å²) < 4.78 is 0. The number of aromatic nitrogens is 1. The van der Waals surface area contributed by atoms with Crippen molar-refractivity contribution in [3.05, 3.63) is 59.8 Å². The third-order valence-corrected chi connectivity index (χ3v) is 4.93. The van der Waals surface area contributed by atoms with Gasteiger partial charge in [-0.25, -0.2) is 4.98 Å². The van der Waals surface area contributed by atoms with Crippen molar-refractivity contribution in [2.75, 3.05) is 32.1 Å². The van der Waals surface area contributed by atoms with Gasteiger partial charge in [-0.1, -0.05) is 30.3 Å². The summed E-state index contributed by atoms with van der Waals surface area (Å²) in [5.41, 5.74) is 2.11. The van der Waals surface area contributed by atoms with E-state index in [9.17, 15) is 4.79 Å². The van der Waals surface area contributed by atoms with Crippen molar-refractivity contribution < 1.29 is 4.79 Å². The molecule has 132 valence electrons. The highest BCUT2D eigenvalue weighted by molar-refractivity contribution is 5.98. The van der Waals surface area contributed by atoms with Gasteiger partial charge in [0.2, 0.25) is 0 Å². The zero-order valence-corrected chi connectivity index (χ0v) is 15.2. The van der Waals surface area contributed by atoms with E-state index in [-0.39, 0.29) is 5.91 Å². The van der Waals surface area contributed by atoms with Crippen molar-refractivity contribution in [1.82, 2.24) is 9.88 Å². The van der Waals surface area contributed by atoms with Gasteiger partial charge in [-0.2, -0.15) is 0 Å². The normalized spacial score (nSPS) is 17.4. The van der Waals surface area contributed by atoms with E-state index in [2.05, 4.69) is 40.2 Å². The van der Waals surface area contributed by atoms with E-state index in [1.54, 1.807) is 25.2 Å². The van der Waals surface area contributed by atoms with Gasteiger partial charge in [0.1, 0.15) is 5.82 Å². The molecule has 1 atom stereocenters. The Morgan fingerprint density at radius 2 is 2.00 bits per heavy atom. The fraction of sp³-hybridized carbons (Fsp3) is 0.429. The van der Waals surface area contributed by atoms with Gasteiger partial charge in [-0.3, -0.25) is 4.79 Å². The second-order valence-corrected chi connectivity index (χ2v) is 7.05. The lowest BCUT2D eigenvalue weighted by Gasteiger charge is -2.34. The van der Waals surface area contributed by atoms with Gasteiger partial charge in [0.25, 0.3) is 5.91 Å². The minimum absolute atomic E-state index is 0.0227. The average molecular weight is 337 g/mol. The molecule has 25 heavy (non-hydrogen) atoms. The molecule has 1 amide bonds. The molecule has 4 nitrogen and oxygen atoms in total. The minimum Gasteiger partial charge on any atom is -0.356 e. The largest absolute Gasteiger partial charge is 0.356 e. The molecule has 1 fully saturated rings. The van der Waals surface area contributed by atoms with Crippen LogP contribution in [0.25, 0.3) is 0 Å². The molecule has 2 heterocycles. The summed E-state index contributed by atoms with van der Waals surface area (Å²) >= 11 is 0. The first-order chi connectivity index (χ1) is 12.1. The second-order valence-electron chi connectivity index (χ2n) is 7.05. The number of hydrogen-bond donors (Lipinski definition) is 0. The zero-order chi connectivity index (χ0) is 17.6. The van der Waals surface area contributed by atoms with Gasteiger partial charge >= 0.3 is 0 Å². The summed E-state index contributed by atoms with van der Waals surface area (Å²) in [4.78, 5) is 20.9. The van der Waals surface area contributed by atoms with Crippen LogP contribution >= 0.6 is 0 Å². The van der Waals surface area contributed by atoms with E-state index in [1.807, 2.05) is 12.1 Å². The third-order valence-electron chi connectivity index (χ3n) is 4.93. The predicted molar refractivity (Wildman–Crippen MR) is 102 cm³/mol. The maximum Gasteiger partial charge on any atom is 0.257 e. The molecule has 1 saturated heterocycles. The molecule has 2 aromatic rings. The van der Waals surface area contributed by atoms with Gasteiger partial charge in [0.15, 0.2) is 0 Å². The standard InChI is InChI=1S/C21H27N3O/c1-23(2)21(25)19-11-6-14-22-20(19)24-15-7-10-18(16-24)13-12-17-8-4-3-5-9-17/h3-6,8-9,11,14,18H,7,10,12-13,15-16H2,1-2H3/t18-/m1/s1. The van der Waals surface area contributed by atoms with Crippen LogP contribution in [0, 0.1) is 5.92 Å². The van der Waals surface area contributed by atoms with E-state index in [0.717, 1.165) is 31.7 Å². The summed E-state index contributed by atoms with van der Waals surface area (Å²) in [6, 6.07) is 14.4. The van der Waals surface area contributed by atoms with Crippen LogP contribution in [0.5, 0.6) is 0 Å². The smallest absolute Gasteiger partial charge is 0.257 e. The van der Waals surface area contributed by atoms with Crippen molar-refractivity contribution in [1.29, 1.82) is 0 Å². The van der Waals surface area contributed by atoms with Gasteiger partial charge in [-0.05, 0) is 49.3 Å². The predicted octanol–water partition coefficient (Wildman–Crippen LogP) is 3.63. The van der Waals surface area contributed by atoms with Gasteiger partial charge < -0.3 is 9.80 Å². The Balaban J connectivity index is 1.68. The molecule has 0 N–H and O–H groups in total. The lowest BCUT2D eigenvalue weighted by Crippen LogP contribution is -2.37. The number of benzene rings is 1. The van der Waals surface area contributed by atoms with Gasteiger partial charge in [0, 0.05) is 33.4 Å². The first kappa shape index (κ1) is 17.5. The van der Waals surface area contributed by atoms with E-state index >= 15 is 0 Å². The summed E-state index contributed by atoms with van der Waals surface area (Å²) in [6.45, 7) is 1.96. The van der Waals surface area contributed by atoms with Gasteiger partial charge in [-0.15, -0.1) is 0 Å². The molecule has 0 aliphatic carbocycles. The Morgan fingerprint density at radius 3 is 2.76 bits per heavy atom. The molecule has 1 aromatic carbocycles. The Labute approximate surface area is 150 Å². The topological polar surface area (TPSA) is 36.4 Å². The molecule has 0 radical (unpaired) electrons. The molecule has 1 aromatic heterocycles. The number of hydrogen-bond acceptors (Lipinski definition) is 3. The first-order valence-electron chi connectivity index (χ1n) is 9.10. The minimum atomic E-state index is 0.0227. The second kappa shape index (κ2) is 8.15. The van der Waals surface area contributed by atoms with Crippen LogP contribution in [0.2, 0.25) is 0 Å². The first-order valence-corrected chi connectivity index (χ1v) is 9.10. The van der Waals surface area contributed by atoms with Crippen LogP contribution in [-0.4, -0.2) is 43.0 Å². The molecule has 0 spiro atoms. The average Bonchev–Trinajstić information content (AvgIpc) is 2.67. The number of amides is 1. The van der Waals surface area contributed by atoms with E-state index in [0.29, 0.717) is 11.5 Å². The van der Waals surface area contributed by atoms with Gasteiger partial charge in [0.05, 0.1) is 5.56 Å². The van der Waals surface area contributed by atoms with Crippen molar-refractivity contribution in [3.63, 3.8) is 0 Å². The number of rotatable bonds is 5. The number of nitrogens with zero attached hydrogens (tertiary/aromatic N) is 3. The quantitative estimate of drug-likeness (QED) is 0.836. The number of anilines is 1. The fourth-order valence-corrected chi connectivity index (χ4v) is 3.57. The van der Waals surface area contributed by atoms with Crippen molar-refractivity contribution in [2.24, 2.45) is 5.92 Å². The van der Waals surface area contributed by atoms with E-state index < -0.39 is 0 Å². The Morgan fingerprint density at radius 1 is 1.20 bits per heavy atom. The molecule has 0 unspecified atom stereocenters. The number of piperidine rings is 1. The highest BCUT2D eigenvalue weighted by Gasteiger charge is 2.24. The molecular weight excluding hydrogens is 310 g/mol. The summed E-state index contributed by atoms with van der Waals surface area (Å²) in [5, 5.41) is 0. The SMILES string of the molecule is CN(C)C(=O)c1cccnc1N1CCC[C@H](CCc2ccccc2)C1. The Hall–Kier alpha value is -2.36. The molecular formula is C21H27N3O. The summed E-state index contributed by atoms with van der Waals surface area (Å²) in [5.74, 6) is 1.51. The van der Waals surface area contributed by atoms with Crippen LogP contribution in [-0.2, 0) is 6.42 Å². The van der Waals surface area contributed by atoms with Crippen molar-refractivity contribution in [3.8, 4) is 0 Å². The fourth-order valence-electron chi connectivity index (χ4n) is 3.57. The molecule has 1 aliphatic rings. The Kier molecular flexibility index (Phi) is 5.69. The monoisotopic (exact) mass is 337 g/mol. The molecule has 3 rings (SSSR count). The van der Waals surface area contributed by atoms with Crippen LogP contribution in [0.3, 0.4) is 0 Å². The highest BCUT2D eigenvalue weighted by Crippen LogP contribution is 2.27. The third kappa shape index (κ3) is 4.38. The lowest BCUT2D eigenvalue weighted by molar-refractivity contribution is 0.0827. The molecule has 0 saturated carbocycles. The lowest BCUT2D eigenvalue weighted by atomic mass is 9.91. The van der Waals surface area contributed by atoms with Crippen LogP contribution in [0.15, 0.2) is 48.7 Å². The maximum absolute atomic E-state index is 12.5. The zero-order valence-electron chi connectivity index (χ0n) is 15.2. The van der Waals surface area contributed by atoms with Crippen LogP contribution in [0.1, 0.15) is 35.2 Å². The van der Waals surface area contributed by atoms with Crippen LogP contribution < -0.4 is 4.90 Å². The van der Waals surface area contributed by atoms with E-state index in [4.69, 9.17) is 0 Å². The number of pyridine rings is 1. The number of aryl methyl sites for hydroxylation is 1. The molecule has 0 bridgehead atoms. The highest BCUT2D eigenvalue weighted by atomic mass is 16.2. The Bertz CT molecular complexity index is 699. The number of carbonyl (C=O) groups excluding carboxylic acids is 1. The van der Waals surface area contributed by atoms with E-state index in [1.165, 1.54) is 18.4 Å². The van der Waals surface area contributed by atoms with Crippen molar-refractivity contribution >= 4 is 11.7 Å². The van der Waals surface area contributed by atoms with Crippen LogP contribution in [0.4, 0.5) is 5.82 Å².